The molecule has 1 aromatic heterocycles. The van der Waals surface area contributed by atoms with Crippen LogP contribution in [0.25, 0.3) is 5.76 Å². The first-order valence-electron chi connectivity index (χ1n) is 9.15. The standard InChI is InChI=1S/C21H23ClN2O4S/c1-23(2)9-5-10-24-18(16-6-4-11-29-16)17(20(26)21(24)27)19(25)13-7-8-14(22)15(12-13)28-3/h4,6-8,11-12,18,25H,5,9-10H2,1-3H3/b19-17-. The summed E-state index contributed by atoms with van der Waals surface area (Å²) >= 11 is 7.52. The molecule has 0 bridgehead atoms. The number of carbonyl (C=O) groups is 2. The third kappa shape index (κ3) is 4.32. The quantitative estimate of drug-likeness (QED) is 0.408. The van der Waals surface area contributed by atoms with E-state index in [1.807, 2.05) is 36.5 Å². The molecule has 1 atom stereocenters. The van der Waals surface area contributed by atoms with Crippen molar-refractivity contribution < 1.29 is 19.4 Å². The highest BCUT2D eigenvalue weighted by Gasteiger charge is 2.46. The second kappa shape index (κ2) is 8.98. The summed E-state index contributed by atoms with van der Waals surface area (Å²) in [6, 6.07) is 7.87. The zero-order valence-corrected chi connectivity index (χ0v) is 18.1. The van der Waals surface area contributed by atoms with E-state index in [1.54, 1.807) is 23.1 Å². The van der Waals surface area contributed by atoms with Crippen molar-refractivity contribution in [3.05, 3.63) is 56.7 Å². The molecule has 1 aromatic carbocycles. The first kappa shape index (κ1) is 21.4. The first-order chi connectivity index (χ1) is 13.8. The van der Waals surface area contributed by atoms with Crippen LogP contribution >= 0.6 is 22.9 Å². The molecule has 0 spiro atoms. The van der Waals surface area contributed by atoms with Gasteiger partial charge in [0.05, 0.1) is 23.7 Å². The van der Waals surface area contributed by atoms with Gasteiger partial charge in [-0.2, -0.15) is 0 Å². The molecule has 2 heterocycles. The number of nitrogens with zero attached hydrogens (tertiary/aromatic N) is 2. The van der Waals surface area contributed by atoms with Crippen LogP contribution in [0.1, 0.15) is 22.9 Å². The van der Waals surface area contributed by atoms with Crippen LogP contribution in [-0.2, 0) is 9.59 Å². The smallest absolute Gasteiger partial charge is 0.295 e. The third-order valence-corrected chi connectivity index (χ3v) is 6.02. The molecule has 1 aliphatic heterocycles. The Bertz CT molecular complexity index is 940. The summed E-state index contributed by atoms with van der Waals surface area (Å²) in [5, 5.41) is 13.3. The average molecular weight is 435 g/mol. The van der Waals surface area contributed by atoms with Gasteiger partial charge in [-0.3, -0.25) is 9.59 Å². The van der Waals surface area contributed by atoms with Crippen molar-refractivity contribution in [2.24, 2.45) is 0 Å². The number of thiophene rings is 1. The van der Waals surface area contributed by atoms with Crippen LogP contribution in [0.3, 0.4) is 0 Å². The van der Waals surface area contributed by atoms with Crippen molar-refractivity contribution in [3.8, 4) is 5.75 Å². The maximum Gasteiger partial charge on any atom is 0.295 e. The molecule has 3 rings (SSSR count). The Labute approximate surface area is 179 Å². The van der Waals surface area contributed by atoms with Gasteiger partial charge in [-0.15, -0.1) is 11.3 Å². The van der Waals surface area contributed by atoms with Crippen LogP contribution in [0.4, 0.5) is 0 Å². The fourth-order valence-corrected chi connectivity index (χ4v) is 4.41. The number of ketones is 1. The highest BCUT2D eigenvalue weighted by atomic mass is 35.5. The Balaban J connectivity index is 2.06. The molecule has 0 aliphatic carbocycles. The van der Waals surface area contributed by atoms with Gasteiger partial charge < -0.3 is 19.6 Å². The monoisotopic (exact) mass is 434 g/mol. The lowest BCUT2D eigenvalue weighted by atomic mass is 9.99. The largest absolute Gasteiger partial charge is 0.507 e. The third-order valence-electron chi connectivity index (χ3n) is 4.78. The van der Waals surface area contributed by atoms with E-state index in [0.29, 0.717) is 22.9 Å². The highest BCUT2D eigenvalue weighted by Crippen LogP contribution is 2.41. The fourth-order valence-electron chi connectivity index (χ4n) is 3.37. The van der Waals surface area contributed by atoms with Crippen LogP contribution in [0.2, 0.25) is 5.02 Å². The molecular formula is C21H23ClN2O4S. The van der Waals surface area contributed by atoms with Crippen molar-refractivity contribution in [3.63, 3.8) is 0 Å². The van der Waals surface area contributed by atoms with E-state index in [-0.39, 0.29) is 11.3 Å². The zero-order chi connectivity index (χ0) is 21.1. The Morgan fingerprint density at radius 2 is 2.07 bits per heavy atom. The number of ether oxygens (including phenoxy) is 1. The molecule has 1 aliphatic rings. The van der Waals surface area contributed by atoms with Gasteiger partial charge in [-0.1, -0.05) is 17.7 Å². The number of likely N-dealkylation sites (tertiary alicyclic amines) is 1. The van der Waals surface area contributed by atoms with Crippen LogP contribution in [0.15, 0.2) is 41.3 Å². The number of methoxy groups -OCH3 is 1. The van der Waals surface area contributed by atoms with Gasteiger partial charge in [0.2, 0.25) is 0 Å². The highest BCUT2D eigenvalue weighted by molar-refractivity contribution is 7.10. The van der Waals surface area contributed by atoms with Gasteiger partial charge in [-0.05, 0) is 56.7 Å². The second-order valence-electron chi connectivity index (χ2n) is 7.01. The summed E-state index contributed by atoms with van der Waals surface area (Å²) in [5.74, 6) is -1.13. The van der Waals surface area contributed by atoms with Crippen LogP contribution in [-0.4, -0.2) is 60.9 Å². The van der Waals surface area contributed by atoms with Crippen molar-refractivity contribution in [2.45, 2.75) is 12.5 Å². The van der Waals surface area contributed by atoms with Gasteiger partial charge in [0.25, 0.3) is 11.7 Å². The lowest BCUT2D eigenvalue weighted by molar-refractivity contribution is -0.139. The molecular weight excluding hydrogens is 412 g/mol. The Morgan fingerprint density at radius 1 is 1.31 bits per heavy atom. The number of hydrogen-bond donors (Lipinski definition) is 1. The Morgan fingerprint density at radius 3 is 2.69 bits per heavy atom. The zero-order valence-electron chi connectivity index (χ0n) is 16.5. The summed E-state index contributed by atoms with van der Waals surface area (Å²) in [7, 11) is 5.39. The molecule has 8 heteroatoms. The van der Waals surface area contributed by atoms with E-state index >= 15 is 0 Å². The van der Waals surface area contributed by atoms with E-state index in [0.717, 1.165) is 17.8 Å². The molecule has 154 valence electrons. The summed E-state index contributed by atoms with van der Waals surface area (Å²) in [4.78, 5) is 30.1. The summed E-state index contributed by atoms with van der Waals surface area (Å²) in [5.41, 5.74) is 0.464. The number of Topliss-reactive ketones (excluding diaryl/α,β-unsaturated/α-hetero) is 1. The minimum Gasteiger partial charge on any atom is -0.507 e. The number of halogens is 1. The van der Waals surface area contributed by atoms with E-state index in [9.17, 15) is 14.7 Å². The minimum absolute atomic E-state index is 0.0895. The SMILES string of the molecule is COc1cc(/C(O)=C2/C(=O)C(=O)N(CCCN(C)C)C2c2cccs2)ccc1Cl. The topological polar surface area (TPSA) is 70.1 Å². The molecule has 1 fully saturated rings. The van der Waals surface area contributed by atoms with Crippen LogP contribution < -0.4 is 4.74 Å². The van der Waals surface area contributed by atoms with Gasteiger partial charge >= 0.3 is 0 Å². The predicted octanol–water partition coefficient (Wildman–Crippen LogP) is 3.78. The number of hydrogen-bond acceptors (Lipinski definition) is 6. The number of carbonyl (C=O) groups excluding carboxylic acids is 2. The van der Waals surface area contributed by atoms with E-state index in [2.05, 4.69) is 0 Å². The van der Waals surface area contributed by atoms with Crippen LogP contribution in [0, 0.1) is 0 Å². The summed E-state index contributed by atoms with van der Waals surface area (Å²) < 4.78 is 5.21. The molecule has 1 N–H and O–H groups in total. The number of aliphatic hydroxyl groups excluding tert-OH is 1. The molecule has 1 amide bonds. The molecule has 29 heavy (non-hydrogen) atoms. The minimum atomic E-state index is -0.681. The lowest BCUT2D eigenvalue weighted by Gasteiger charge is -2.24. The second-order valence-corrected chi connectivity index (χ2v) is 8.40. The maximum absolute atomic E-state index is 12.9. The van der Waals surface area contributed by atoms with Crippen molar-refractivity contribution in [1.29, 1.82) is 0 Å². The maximum atomic E-state index is 12.9. The first-order valence-corrected chi connectivity index (χ1v) is 10.4. The molecule has 2 aromatic rings. The molecule has 0 radical (unpaired) electrons. The molecule has 1 saturated heterocycles. The van der Waals surface area contributed by atoms with Gasteiger partial charge in [0.1, 0.15) is 11.5 Å². The Kier molecular flexibility index (Phi) is 6.62. The fraction of sp³-hybridized carbons (Fsp3) is 0.333. The number of benzene rings is 1. The van der Waals surface area contributed by atoms with Crippen molar-refractivity contribution in [1.82, 2.24) is 9.80 Å². The average Bonchev–Trinajstić information content (AvgIpc) is 3.30. The van der Waals surface area contributed by atoms with E-state index in [4.69, 9.17) is 16.3 Å². The van der Waals surface area contributed by atoms with E-state index in [1.165, 1.54) is 18.4 Å². The summed E-state index contributed by atoms with van der Waals surface area (Å²) in [6.45, 7) is 1.21. The van der Waals surface area contributed by atoms with Crippen molar-refractivity contribution >= 4 is 40.4 Å². The number of aliphatic hydroxyl groups is 1. The predicted molar refractivity (Wildman–Crippen MR) is 115 cm³/mol. The van der Waals surface area contributed by atoms with Gasteiger partial charge in [0.15, 0.2) is 0 Å². The summed E-state index contributed by atoms with van der Waals surface area (Å²) in [6.07, 6.45) is 0.719. The van der Waals surface area contributed by atoms with Gasteiger partial charge in [-0.25, -0.2) is 0 Å². The normalized spacial score (nSPS) is 18.7. The van der Waals surface area contributed by atoms with Crippen molar-refractivity contribution in [2.75, 3.05) is 34.3 Å². The van der Waals surface area contributed by atoms with Crippen LogP contribution in [0.5, 0.6) is 5.75 Å². The number of rotatable bonds is 7. The lowest BCUT2D eigenvalue weighted by Crippen LogP contribution is -2.32. The number of amides is 1. The molecule has 0 saturated carbocycles. The molecule has 6 nitrogen and oxygen atoms in total. The van der Waals surface area contributed by atoms with E-state index < -0.39 is 17.7 Å². The van der Waals surface area contributed by atoms with Gasteiger partial charge in [0, 0.05) is 17.0 Å². The molecule has 1 unspecified atom stereocenters. The Hall–Kier alpha value is -2.35.